The molecule has 0 spiro atoms. The number of quaternary nitrogens is 1. The van der Waals surface area contributed by atoms with E-state index in [9.17, 15) is 23.9 Å². The molecular formula is C27H34ClFN3O5+. The molecule has 1 heterocycles. The standard InChI is InChI=1S/C27H33ClFN3O5/c1-16(2)25(27(35)36)37-21-8-5-17(6-9-21)15-31-26(34)23-4-3-11-32(23)24(33)14-20(30)13-18-12-19(28)7-10-22(18)29/h5-10,12,16,20,23,25H,3-4,11,13-15,30H2,1-2H3,(H,31,34)(H,35,36)/p+1/t20?,23-,25+/m0/s1. The maximum absolute atomic E-state index is 14.0. The zero-order valence-corrected chi connectivity index (χ0v) is 21.8. The third kappa shape index (κ3) is 7.90. The van der Waals surface area contributed by atoms with Gasteiger partial charge >= 0.3 is 5.97 Å². The van der Waals surface area contributed by atoms with Crippen LogP contribution in [-0.2, 0) is 27.3 Å². The first-order chi connectivity index (χ1) is 17.5. The van der Waals surface area contributed by atoms with Crippen LogP contribution < -0.4 is 15.8 Å². The van der Waals surface area contributed by atoms with Gasteiger partial charge in [0.1, 0.15) is 17.6 Å². The largest absolute Gasteiger partial charge is 0.478 e. The van der Waals surface area contributed by atoms with Crippen LogP contribution >= 0.6 is 11.6 Å². The maximum Gasteiger partial charge on any atom is 0.345 e. The van der Waals surface area contributed by atoms with Crippen LogP contribution in [-0.4, -0.2) is 52.5 Å². The Labute approximate surface area is 220 Å². The molecule has 5 N–H and O–H groups in total. The minimum atomic E-state index is -1.02. The van der Waals surface area contributed by atoms with E-state index >= 15 is 0 Å². The Bertz CT molecular complexity index is 1110. The molecule has 0 aliphatic carbocycles. The third-order valence-corrected chi connectivity index (χ3v) is 6.59. The Hall–Kier alpha value is -3.17. The Balaban J connectivity index is 1.51. The summed E-state index contributed by atoms with van der Waals surface area (Å²) >= 11 is 5.95. The van der Waals surface area contributed by atoms with Crippen LogP contribution in [0.25, 0.3) is 0 Å². The number of likely N-dealkylation sites (tertiary alicyclic amines) is 1. The zero-order chi connectivity index (χ0) is 27.1. The molecule has 2 aromatic carbocycles. The van der Waals surface area contributed by atoms with Crippen LogP contribution in [0.3, 0.4) is 0 Å². The summed E-state index contributed by atoms with van der Waals surface area (Å²) in [6.07, 6.45) is 0.721. The summed E-state index contributed by atoms with van der Waals surface area (Å²) in [7, 11) is 0. The predicted molar refractivity (Wildman–Crippen MR) is 136 cm³/mol. The van der Waals surface area contributed by atoms with Gasteiger partial charge in [-0.3, -0.25) is 9.59 Å². The van der Waals surface area contributed by atoms with Crippen LogP contribution in [0.15, 0.2) is 42.5 Å². The highest BCUT2D eigenvalue weighted by Crippen LogP contribution is 2.21. The molecule has 2 amide bonds. The van der Waals surface area contributed by atoms with Crippen molar-refractivity contribution in [3.63, 3.8) is 0 Å². The first kappa shape index (κ1) is 28.4. The van der Waals surface area contributed by atoms with Crippen molar-refractivity contribution in [2.45, 2.75) is 64.3 Å². The van der Waals surface area contributed by atoms with Gasteiger partial charge in [-0.25, -0.2) is 9.18 Å². The number of ether oxygens (including phenoxy) is 1. The van der Waals surface area contributed by atoms with Crippen molar-refractivity contribution in [3.8, 4) is 5.75 Å². The topological polar surface area (TPSA) is 124 Å². The molecule has 1 unspecified atom stereocenters. The summed E-state index contributed by atoms with van der Waals surface area (Å²) in [5.74, 6) is -1.58. The van der Waals surface area contributed by atoms with Crippen LogP contribution in [0.5, 0.6) is 5.75 Å². The lowest BCUT2D eigenvalue weighted by Gasteiger charge is -2.25. The number of amides is 2. The second kappa shape index (κ2) is 12.9. The molecule has 3 rings (SSSR count). The molecule has 3 atom stereocenters. The van der Waals surface area contributed by atoms with E-state index in [1.807, 2.05) is 0 Å². The van der Waals surface area contributed by atoms with Crippen molar-refractivity contribution in [1.82, 2.24) is 10.2 Å². The van der Waals surface area contributed by atoms with Gasteiger partial charge in [0.15, 0.2) is 6.10 Å². The molecule has 0 saturated carbocycles. The maximum atomic E-state index is 14.0. The molecule has 1 aliphatic heterocycles. The molecule has 0 bridgehead atoms. The van der Waals surface area contributed by atoms with Crippen molar-refractivity contribution < 1.29 is 34.4 Å². The summed E-state index contributed by atoms with van der Waals surface area (Å²) in [6.45, 7) is 4.30. The van der Waals surface area contributed by atoms with Crippen LogP contribution in [0.1, 0.15) is 44.2 Å². The molecule has 200 valence electrons. The highest BCUT2D eigenvalue weighted by molar-refractivity contribution is 6.30. The molecule has 0 aromatic heterocycles. The monoisotopic (exact) mass is 534 g/mol. The van der Waals surface area contributed by atoms with E-state index in [2.05, 4.69) is 11.1 Å². The van der Waals surface area contributed by atoms with E-state index in [1.165, 1.54) is 12.1 Å². The number of nitrogens with one attached hydrogen (secondary N) is 1. The van der Waals surface area contributed by atoms with Gasteiger partial charge in [-0.1, -0.05) is 37.6 Å². The SMILES string of the molecule is CC(C)[C@@H](Oc1ccc(CNC(=O)[C@@H]2CCCN2C(=O)CC([NH3+])Cc2cc(Cl)ccc2F)cc1)C(=O)O. The Kier molecular flexibility index (Phi) is 9.88. The van der Waals surface area contributed by atoms with Crippen molar-refractivity contribution in [3.05, 3.63) is 64.4 Å². The van der Waals surface area contributed by atoms with E-state index in [-0.39, 0.29) is 49.0 Å². The summed E-state index contributed by atoms with van der Waals surface area (Å²) in [4.78, 5) is 38.7. The number of hydrogen-bond acceptors (Lipinski definition) is 4. The number of halogens is 2. The van der Waals surface area contributed by atoms with Crippen LogP contribution in [0.4, 0.5) is 4.39 Å². The number of carbonyl (C=O) groups is 3. The fourth-order valence-corrected chi connectivity index (χ4v) is 4.59. The van der Waals surface area contributed by atoms with Gasteiger partial charge in [-0.15, -0.1) is 0 Å². The smallest absolute Gasteiger partial charge is 0.345 e. The fourth-order valence-electron chi connectivity index (χ4n) is 4.40. The third-order valence-electron chi connectivity index (χ3n) is 6.36. The van der Waals surface area contributed by atoms with Gasteiger partial charge in [0.25, 0.3) is 0 Å². The number of hydrogen-bond donors (Lipinski definition) is 3. The first-order valence-corrected chi connectivity index (χ1v) is 12.8. The van der Waals surface area contributed by atoms with Gasteiger partial charge in [-0.05, 0) is 54.3 Å². The van der Waals surface area contributed by atoms with Gasteiger partial charge in [-0.2, -0.15) is 0 Å². The molecule has 1 saturated heterocycles. The minimum Gasteiger partial charge on any atom is -0.478 e. The van der Waals surface area contributed by atoms with Crippen molar-refractivity contribution in [2.75, 3.05) is 6.54 Å². The van der Waals surface area contributed by atoms with Crippen molar-refractivity contribution in [2.24, 2.45) is 5.92 Å². The first-order valence-electron chi connectivity index (χ1n) is 12.4. The lowest BCUT2D eigenvalue weighted by atomic mass is 10.0. The molecule has 0 radical (unpaired) electrons. The predicted octanol–water partition coefficient (Wildman–Crippen LogP) is 2.82. The zero-order valence-electron chi connectivity index (χ0n) is 21.1. The fraction of sp³-hybridized carbons (Fsp3) is 0.444. The van der Waals surface area contributed by atoms with E-state index in [4.69, 9.17) is 16.3 Å². The number of rotatable bonds is 11. The van der Waals surface area contributed by atoms with Gasteiger partial charge in [0.05, 0.1) is 12.5 Å². The summed E-state index contributed by atoms with van der Waals surface area (Å²) in [6, 6.07) is 10.2. The number of aliphatic carboxylic acids is 1. The average Bonchev–Trinajstić information content (AvgIpc) is 3.34. The van der Waals surface area contributed by atoms with Gasteiger partial charge < -0.3 is 25.8 Å². The number of carboxylic acids is 1. The summed E-state index contributed by atoms with van der Waals surface area (Å²) in [5.41, 5.74) is 5.23. The van der Waals surface area contributed by atoms with E-state index < -0.39 is 18.1 Å². The summed E-state index contributed by atoms with van der Waals surface area (Å²) in [5, 5.41) is 12.6. The quantitative estimate of drug-likeness (QED) is 0.409. The molecule has 8 nitrogen and oxygen atoms in total. The molecule has 2 aromatic rings. The normalized spacial score (nSPS) is 16.9. The average molecular weight is 535 g/mol. The lowest BCUT2D eigenvalue weighted by molar-refractivity contribution is -0.418. The van der Waals surface area contributed by atoms with Crippen LogP contribution in [0.2, 0.25) is 5.02 Å². The Morgan fingerprint density at radius 2 is 1.92 bits per heavy atom. The highest BCUT2D eigenvalue weighted by Gasteiger charge is 2.35. The van der Waals surface area contributed by atoms with Crippen LogP contribution in [0, 0.1) is 11.7 Å². The number of benzene rings is 2. The molecular weight excluding hydrogens is 501 g/mol. The van der Waals surface area contributed by atoms with Crippen molar-refractivity contribution in [1.29, 1.82) is 0 Å². The lowest BCUT2D eigenvalue weighted by Crippen LogP contribution is -2.63. The number of nitrogens with zero attached hydrogens (tertiary/aromatic N) is 1. The highest BCUT2D eigenvalue weighted by atomic mass is 35.5. The molecule has 37 heavy (non-hydrogen) atoms. The Morgan fingerprint density at radius 1 is 1.22 bits per heavy atom. The molecule has 10 heteroatoms. The number of carboxylic acid groups (broad SMARTS) is 1. The second-order valence-corrected chi connectivity index (χ2v) is 10.2. The van der Waals surface area contributed by atoms with E-state index in [0.29, 0.717) is 29.3 Å². The number of carbonyl (C=O) groups excluding carboxylic acids is 2. The van der Waals surface area contributed by atoms with Crippen molar-refractivity contribution >= 4 is 29.4 Å². The second-order valence-electron chi connectivity index (χ2n) is 9.74. The summed E-state index contributed by atoms with van der Waals surface area (Å²) < 4.78 is 19.6. The molecule has 1 aliphatic rings. The van der Waals surface area contributed by atoms with Gasteiger partial charge in [0, 0.05) is 30.5 Å². The Morgan fingerprint density at radius 3 is 2.57 bits per heavy atom. The molecule has 1 fully saturated rings. The van der Waals surface area contributed by atoms with Gasteiger partial charge in [0.2, 0.25) is 11.8 Å². The van der Waals surface area contributed by atoms with E-state index in [1.54, 1.807) is 49.1 Å². The minimum absolute atomic E-state index is 0.102. The van der Waals surface area contributed by atoms with E-state index in [0.717, 1.165) is 12.0 Å².